The number of anilines is 2. The molecule has 4 rings (SSSR count). The van der Waals surface area contributed by atoms with Crippen molar-refractivity contribution in [2.45, 2.75) is 25.0 Å². The summed E-state index contributed by atoms with van der Waals surface area (Å²) >= 11 is 7.05. The third kappa shape index (κ3) is 5.07. The first-order chi connectivity index (χ1) is 15.9. The molecule has 2 aromatic rings. The van der Waals surface area contributed by atoms with Crippen molar-refractivity contribution >= 4 is 52.2 Å². The van der Waals surface area contributed by atoms with Gasteiger partial charge in [-0.3, -0.25) is 14.5 Å². The normalized spacial score (nSPS) is 20.7. The van der Waals surface area contributed by atoms with Gasteiger partial charge in [-0.1, -0.05) is 11.6 Å². The standard InChI is InChI=1S/C22H24ClN3O6S/c1-30-14-7-8-25(20(27)10-14)13-3-4-16(17(9-13)31-2)26-12-15(32-22(26)29)11-24-21(28)18-5-6-19(23)33-18/h3-6,9,14-15H,7-8,10-12H2,1-2H3,(H,24,28). The maximum absolute atomic E-state index is 12.5. The van der Waals surface area contributed by atoms with Gasteiger partial charge in [0.05, 0.1) is 47.6 Å². The molecule has 2 unspecified atom stereocenters. The molecule has 2 fully saturated rings. The Bertz CT molecular complexity index is 1060. The number of nitrogens with one attached hydrogen (secondary N) is 1. The first-order valence-corrected chi connectivity index (χ1v) is 11.6. The van der Waals surface area contributed by atoms with Gasteiger partial charge in [0.2, 0.25) is 5.91 Å². The molecule has 0 radical (unpaired) electrons. The van der Waals surface area contributed by atoms with Gasteiger partial charge in [-0.15, -0.1) is 11.3 Å². The van der Waals surface area contributed by atoms with E-state index in [9.17, 15) is 14.4 Å². The number of piperidine rings is 1. The van der Waals surface area contributed by atoms with Crippen LogP contribution in [-0.2, 0) is 14.3 Å². The van der Waals surface area contributed by atoms with Crippen LogP contribution in [-0.4, -0.2) is 64.0 Å². The molecule has 2 aliphatic rings. The molecule has 2 aliphatic heterocycles. The van der Waals surface area contributed by atoms with Crippen molar-refractivity contribution in [2.75, 3.05) is 43.7 Å². The summed E-state index contributed by atoms with van der Waals surface area (Å²) in [5, 5.41) is 2.76. The minimum atomic E-state index is -0.531. The van der Waals surface area contributed by atoms with E-state index in [-0.39, 0.29) is 31.0 Å². The van der Waals surface area contributed by atoms with Crippen LogP contribution in [0.1, 0.15) is 22.5 Å². The quantitative estimate of drug-likeness (QED) is 0.635. The highest BCUT2D eigenvalue weighted by molar-refractivity contribution is 7.18. The lowest BCUT2D eigenvalue weighted by molar-refractivity contribution is -0.122. The van der Waals surface area contributed by atoms with E-state index >= 15 is 0 Å². The van der Waals surface area contributed by atoms with Gasteiger partial charge in [-0.2, -0.15) is 0 Å². The lowest BCUT2D eigenvalue weighted by Crippen LogP contribution is -2.41. The Balaban J connectivity index is 1.42. The van der Waals surface area contributed by atoms with Crippen LogP contribution in [0.15, 0.2) is 30.3 Å². The van der Waals surface area contributed by atoms with Gasteiger partial charge < -0.3 is 24.4 Å². The molecular weight excluding hydrogens is 470 g/mol. The van der Waals surface area contributed by atoms with Gasteiger partial charge in [0, 0.05) is 25.4 Å². The summed E-state index contributed by atoms with van der Waals surface area (Å²) in [5.41, 5.74) is 1.23. The predicted octanol–water partition coefficient (Wildman–Crippen LogP) is 3.31. The fourth-order valence-corrected chi connectivity index (χ4v) is 4.85. The maximum Gasteiger partial charge on any atom is 0.414 e. The zero-order chi connectivity index (χ0) is 23.5. The molecule has 176 valence electrons. The summed E-state index contributed by atoms with van der Waals surface area (Å²) in [6.45, 7) is 0.959. The number of hydrogen-bond acceptors (Lipinski definition) is 7. The van der Waals surface area contributed by atoms with E-state index in [2.05, 4.69) is 5.32 Å². The molecule has 3 amide bonds. The maximum atomic E-state index is 12.5. The van der Waals surface area contributed by atoms with E-state index in [4.69, 9.17) is 25.8 Å². The second-order valence-electron chi connectivity index (χ2n) is 7.68. The number of carbonyl (C=O) groups excluding carboxylic acids is 3. The van der Waals surface area contributed by atoms with E-state index < -0.39 is 12.2 Å². The smallest absolute Gasteiger partial charge is 0.414 e. The monoisotopic (exact) mass is 493 g/mol. The summed E-state index contributed by atoms with van der Waals surface area (Å²) in [4.78, 5) is 40.9. The van der Waals surface area contributed by atoms with E-state index in [1.807, 2.05) is 0 Å². The third-order valence-electron chi connectivity index (χ3n) is 5.64. The number of amides is 3. The molecule has 2 atom stereocenters. The molecule has 0 saturated carbocycles. The van der Waals surface area contributed by atoms with Crippen molar-refractivity contribution in [3.63, 3.8) is 0 Å². The molecule has 0 spiro atoms. The van der Waals surface area contributed by atoms with E-state index in [0.717, 1.165) is 6.42 Å². The Morgan fingerprint density at radius 3 is 2.73 bits per heavy atom. The van der Waals surface area contributed by atoms with E-state index in [0.29, 0.717) is 39.3 Å². The molecule has 33 heavy (non-hydrogen) atoms. The Labute approximate surface area is 200 Å². The fraction of sp³-hybridized carbons (Fsp3) is 0.409. The molecule has 9 nitrogen and oxygen atoms in total. The molecule has 2 saturated heterocycles. The molecular formula is C22H24ClN3O6S. The lowest BCUT2D eigenvalue weighted by Gasteiger charge is -2.31. The second-order valence-corrected chi connectivity index (χ2v) is 9.40. The highest BCUT2D eigenvalue weighted by Crippen LogP contribution is 2.36. The first kappa shape index (κ1) is 23.3. The van der Waals surface area contributed by atoms with E-state index in [1.54, 1.807) is 42.3 Å². The number of nitrogens with zero attached hydrogens (tertiary/aromatic N) is 2. The molecule has 3 heterocycles. The van der Waals surface area contributed by atoms with Crippen molar-refractivity contribution in [2.24, 2.45) is 0 Å². The second kappa shape index (κ2) is 9.98. The summed E-state index contributed by atoms with van der Waals surface area (Å²) in [6.07, 6.45) is -0.0455. The average molecular weight is 494 g/mol. The summed E-state index contributed by atoms with van der Waals surface area (Å²) in [7, 11) is 3.11. The molecule has 0 bridgehead atoms. The van der Waals surface area contributed by atoms with Gasteiger partial charge in [0.25, 0.3) is 5.91 Å². The lowest BCUT2D eigenvalue weighted by atomic mass is 10.1. The topological polar surface area (TPSA) is 97.4 Å². The Hall–Kier alpha value is -2.82. The van der Waals surface area contributed by atoms with Crippen LogP contribution in [0.3, 0.4) is 0 Å². The predicted molar refractivity (Wildman–Crippen MR) is 125 cm³/mol. The van der Waals surface area contributed by atoms with Gasteiger partial charge >= 0.3 is 6.09 Å². The zero-order valence-corrected chi connectivity index (χ0v) is 19.8. The minimum Gasteiger partial charge on any atom is -0.494 e. The van der Waals surface area contributed by atoms with Crippen molar-refractivity contribution in [1.29, 1.82) is 0 Å². The molecule has 1 aromatic heterocycles. The van der Waals surface area contributed by atoms with Crippen LogP contribution in [0.4, 0.5) is 16.2 Å². The third-order valence-corrected chi connectivity index (χ3v) is 6.87. The number of benzene rings is 1. The Morgan fingerprint density at radius 2 is 2.06 bits per heavy atom. The molecule has 1 N–H and O–H groups in total. The van der Waals surface area contributed by atoms with Crippen LogP contribution < -0.4 is 19.9 Å². The van der Waals surface area contributed by atoms with Crippen molar-refractivity contribution in [3.05, 3.63) is 39.5 Å². The number of carbonyl (C=O) groups is 3. The van der Waals surface area contributed by atoms with Crippen molar-refractivity contribution in [3.8, 4) is 5.75 Å². The Kier molecular flexibility index (Phi) is 7.06. The minimum absolute atomic E-state index is 0.0219. The number of thiophene rings is 1. The van der Waals surface area contributed by atoms with Gasteiger partial charge in [-0.25, -0.2) is 4.79 Å². The number of rotatable bonds is 7. The van der Waals surface area contributed by atoms with Crippen LogP contribution in [0.25, 0.3) is 0 Å². The first-order valence-electron chi connectivity index (χ1n) is 10.4. The molecule has 1 aromatic carbocycles. The zero-order valence-electron chi connectivity index (χ0n) is 18.2. The van der Waals surface area contributed by atoms with Crippen LogP contribution >= 0.6 is 22.9 Å². The largest absolute Gasteiger partial charge is 0.494 e. The summed E-state index contributed by atoms with van der Waals surface area (Å²) < 4.78 is 16.8. The number of cyclic esters (lactones) is 1. The summed E-state index contributed by atoms with van der Waals surface area (Å²) in [6, 6.07) is 8.56. The summed E-state index contributed by atoms with van der Waals surface area (Å²) in [5.74, 6) is 0.153. The highest BCUT2D eigenvalue weighted by atomic mass is 35.5. The fourth-order valence-electron chi connectivity index (χ4n) is 3.89. The van der Waals surface area contributed by atoms with Crippen LogP contribution in [0.5, 0.6) is 5.75 Å². The Morgan fingerprint density at radius 1 is 1.24 bits per heavy atom. The average Bonchev–Trinajstić information content (AvgIpc) is 3.42. The molecule has 11 heteroatoms. The number of halogens is 1. The van der Waals surface area contributed by atoms with E-state index in [1.165, 1.54) is 23.3 Å². The van der Waals surface area contributed by atoms with Crippen molar-refractivity contribution < 1.29 is 28.6 Å². The SMILES string of the molecule is COc1cc(N2CCC(OC)CC2=O)ccc1N1CC(CNC(=O)c2ccc(Cl)s2)OC1=O. The number of ether oxygens (including phenoxy) is 3. The highest BCUT2D eigenvalue weighted by Gasteiger charge is 2.35. The van der Waals surface area contributed by atoms with Crippen LogP contribution in [0, 0.1) is 0 Å². The van der Waals surface area contributed by atoms with Gasteiger partial charge in [-0.05, 0) is 30.7 Å². The van der Waals surface area contributed by atoms with Crippen molar-refractivity contribution in [1.82, 2.24) is 5.32 Å². The number of hydrogen-bond donors (Lipinski definition) is 1. The van der Waals surface area contributed by atoms with Crippen LogP contribution in [0.2, 0.25) is 4.34 Å². The van der Waals surface area contributed by atoms with Gasteiger partial charge in [0.1, 0.15) is 11.9 Å². The number of methoxy groups -OCH3 is 2. The van der Waals surface area contributed by atoms with Gasteiger partial charge in [0.15, 0.2) is 0 Å². The molecule has 0 aliphatic carbocycles.